The molecule has 3 fully saturated rings. The molecule has 2 aliphatic heterocycles. The van der Waals surface area contributed by atoms with Crippen LogP contribution in [0.2, 0.25) is 0 Å². The van der Waals surface area contributed by atoms with Crippen molar-refractivity contribution in [2.45, 2.75) is 37.0 Å². The molecule has 160 valence electrons. The highest BCUT2D eigenvalue weighted by atomic mass is 32.2. The Morgan fingerprint density at radius 1 is 1.07 bits per heavy atom. The summed E-state index contributed by atoms with van der Waals surface area (Å²) in [6, 6.07) is 4.75. The highest BCUT2D eigenvalue weighted by molar-refractivity contribution is 7.89. The number of likely N-dealkylation sites (tertiary alicyclic amines) is 1. The highest BCUT2D eigenvalue weighted by Gasteiger charge is 2.34. The van der Waals surface area contributed by atoms with Gasteiger partial charge in [0, 0.05) is 31.7 Å². The largest absolute Gasteiger partial charge is 0.495 e. The molecule has 0 N–H and O–H groups in total. The molecule has 3 aliphatic rings. The van der Waals surface area contributed by atoms with Crippen molar-refractivity contribution in [3.63, 3.8) is 0 Å². The fourth-order valence-corrected chi connectivity index (χ4v) is 6.49. The molecule has 8 heteroatoms. The number of rotatable bonds is 4. The normalized spacial score (nSPS) is 26.0. The predicted molar refractivity (Wildman–Crippen MR) is 109 cm³/mol. The van der Waals surface area contributed by atoms with Gasteiger partial charge in [0.25, 0.3) is 5.91 Å². The molecule has 29 heavy (non-hydrogen) atoms. The van der Waals surface area contributed by atoms with Gasteiger partial charge < -0.3 is 14.4 Å². The van der Waals surface area contributed by atoms with Crippen LogP contribution in [0.5, 0.6) is 5.75 Å². The van der Waals surface area contributed by atoms with Crippen LogP contribution in [0.15, 0.2) is 23.1 Å². The fourth-order valence-electron chi connectivity index (χ4n) is 4.91. The Morgan fingerprint density at radius 2 is 1.79 bits per heavy atom. The molecule has 2 atom stereocenters. The molecule has 0 radical (unpaired) electrons. The van der Waals surface area contributed by atoms with E-state index in [1.165, 1.54) is 43.2 Å². The number of hydrogen-bond donors (Lipinski definition) is 0. The van der Waals surface area contributed by atoms with Crippen LogP contribution in [-0.4, -0.2) is 70.0 Å². The summed E-state index contributed by atoms with van der Waals surface area (Å²) in [6.07, 6.45) is 6.06. The average Bonchev–Trinajstić information content (AvgIpc) is 2.78. The molecular formula is C21H30N2O5S. The Hall–Kier alpha value is -1.64. The number of morpholine rings is 1. The van der Waals surface area contributed by atoms with Gasteiger partial charge in [0.1, 0.15) is 10.6 Å². The molecule has 2 saturated heterocycles. The number of sulfonamides is 1. The lowest BCUT2D eigenvalue weighted by Crippen LogP contribution is -2.44. The second-order valence-corrected chi connectivity index (χ2v) is 10.1. The number of benzene rings is 1. The third-order valence-corrected chi connectivity index (χ3v) is 8.50. The summed E-state index contributed by atoms with van der Waals surface area (Å²) in [4.78, 5) is 15.1. The Bertz CT molecular complexity index is 851. The highest BCUT2D eigenvalue weighted by Crippen LogP contribution is 2.37. The standard InChI is InChI=1S/C21H30N2O5S/c1-27-19-7-6-17(14-20(19)29(25,26)23-10-12-28-13-11-23)21(24)22-9-8-16-4-2-3-5-18(16)15-22/h6-7,14,16,18H,2-5,8-13,15H2,1H3/t16-,18-/m1/s1. The third kappa shape index (κ3) is 4.15. The molecule has 0 unspecified atom stereocenters. The monoisotopic (exact) mass is 422 g/mol. The maximum Gasteiger partial charge on any atom is 0.253 e. The van der Waals surface area contributed by atoms with E-state index in [-0.39, 0.29) is 16.6 Å². The summed E-state index contributed by atoms with van der Waals surface area (Å²) in [6.45, 7) is 2.88. The second-order valence-electron chi connectivity index (χ2n) is 8.23. The molecule has 1 aromatic rings. The third-order valence-electron chi connectivity index (χ3n) is 6.58. The van der Waals surface area contributed by atoms with Crippen LogP contribution in [0.25, 0.3) is 0 Å². The van der Waals surface area contributed by atoms with Gasteiger partial charge in [-0.1, -0.05) is 19.3 Å². The van der Waals surface area contributed by atoms with Gasteiger partial charge in [-0.25, -0.2) is 8.42 Å². The molecule has 7 nitrogen and oxygen atoms in total. The Morgan fingerprint density at radius 3 is 2.52 bits per heavy atom. The second kappa shape index (κ2) is 8.62. The van der Waals surface area contributed by atoms with Gasteiger partial charge in [0.05, 0.1) is 20.3 Å². The van der Waals surface area contributed by atoms with Crippen molar-refractivity contribution in [3.05, 3.63) is 23.8 Å². The summed E-state index contributed by atoms with van der Waals surface area (Å²) < 4.78 is 38.3. The number of fused-ring (bicyclic) bond motifs is 1. The summed E-state index contributed by atoms with van der Waals surface area (Å²) in [5, 5.41) is 0. The van der Waals surface area contributed by atoms with Crippen molar-refractivity contribution in [2.24, 2.45) is 11.8 Å². The number of methoxy groups -OCH3 is 1. The van der Waals surface area contributed by atoms with Crippen LogP contribution in [-0.2, 0) is 14.8 Å². The molecule has 1 amide bonds. The number of nitrogens with zero attached hydrogens (tertiary/aromatic N) is 2. The average molecular weight is 423 g/mol. The topological polar surface area (TPSA) is 76.2 Å². The summed E-state index contributed by atoms with van der Waals surface area (Å²) >= 11 is 0. The SMILES string of the molecule is COc1ccc(C(=O)N2CC[C@H]3CCCC[C@@H]3C2)cc1S(=O)(=O)N1CCOCC1. The van der Waals surface area contributed by atoms with Crippen molar-refractivity contribution in [3.8, 4) is 5.75 Å². The number of carbonyl (C=O) groups is 1. The van der Waals surface area contributed by atoms with Crippen molar-refractivity contribution in [2.75, 3.05) is 46.5 Å². The van der Waals surface area contributed by atoms with Crippen LogP contribution in [0.3, 0.4) is 0 Å². The van der Waals surface area contributed by atoms with Crippen LogP contribution < -0.4 is 4.74 Å². The first-order valence-electron chi connectivity index (χ1n) is 10.6. The van der Waals surface area contributed by atoms with E-state index in [0.717, 1.165) is 25.4 Å². The first kappa shape index (κ1) is 20.6. The predicted octanol–water partition coefficient (Wildman–Crippen LogP) is 2.37. The van der Waals surface area contributed by atoms with Gasteiger partial charge in [0.2, 0.25) is 10.0 Å². The molecule has 4 rings (SSSR count). The van der Waals surface area contributed by atoms with Crippen molar-refractivity contribution in [1.82, 2.24) is 9.21 Å². The maximum absolute atomic E-state index is 13.2. The molecule has 0 bridgehead atoms. The smallest absolute Gasteiger partial charge is 0.253 e. The van der Waals surface area contributed by atoms with Crippen LogP contribution in [0.1, 0.15) is 42.5 Å². The number of hydrogen-bond acceptors (Lipinski definition) is 5. The molecule has 1 aromatic carbocycles. The fraction of sp³-hybridized carbons (Fsp3) is 0.667. The summed E-state index contributed by atoms with van der Waals surface area (Å²) in [5.74, 6) is 1.49. The van der Waals surface area contributed by atoms with E-state index in [1.807, 2.05) is 4.90 Å². The number of ether oxygens (including phenoxy) is 2. The molecule has 1 saturated carbocycles. The van der Waals surface area contributed by atoms with Gasteiger partial charge in [-0.3, -0.25) is 4.79 Å². The van der Waals surface area contributed by atoms with Crippen molar-refractivity contribution in [1.29, 1.82) is 0 Å². The quantitative estimate of drug-likeness (QED) is 0.745. The van der Waals surface area contributed by atoms with E-state index < -0.39 is 10.0 Å². The van der Waals surface area contributed by atoms with E-state index in [9.17, 15) is 13.2 Å². The molecule has 1 aliphatic carbocycles. The Kier molecular flexibility index (Phi) is 6.13. The first-order valence-corrected chi connectivity index (χ1v) is 12.0. The van der Waals surface area contributed by atoms with Crippen molar-refractivity contribution < 1.29 is 22.7 Å². The minimum atomic E-state index is -3.75. The van der Waals surface area contributed by atoms with Gasteiger partial charge >= 0.3 is 0 Å². The number of piperidine rings is 1. The molecular weight excluding hydrogens is 392 g/mol. The van der Waals surface area contributed by atoms with E-state index in [1.54, 1.807) is 12.1 Å². The maximum atomic E-state index is 13.2. The summed E-state index contributed by atoms with van der Waals surface area (Å²) in [7, 11) is -2.31. The van der Waals surface area contributed by atoms with E-state index in [4.69, 9.17) is 9.47 Å². The molecule has 2 heterocycles. The van der Waals surface area contributed by atoms with Crippen molar-refractivity contribution >= 4 is 15.9 Å². The van der Waals surface area contributed by atoms with Gasteiger partial charge in [0.15, 0.2) is 0 Å². The van der Waals surface area contributed by atoms with Crippen LogP contribution in [0.4, 0.5) is 0 Å². The zero-order valence-corrected chi connectivity index (χ0v) is 17.8. The van der Waals surface area contributed by atoms with Crippen LogP contribution >= 0.6 is 0 Å². The minimum absolute atomic E-state index is 0.0558. The van der Waals surface area contributed by atoms with E-state index in [2.05, 4.69) is 0 Å². The summed E-state index contributed by atoms with van der Waals surface area (Å²) in [5.41, 5.74) is 0.409. The van der Waals surface area contributed by atoms with Gasteiger partial charge in [-0.2, -0.15) is 4.31 Å². The Balaban J connectivity index is 1.58. The lowest BCUT2D eigenvalue weighted by atomic mass is 9.75. The van der Waals surface area contributed by atoms with Gasteiger partial charge in [-0.15, -0.1) is 0 Å². The molecule has 0 spiro atoms. The van der Waals surface area contributed by atoms with Gasteiger partial charge in [-0.05, 0) is 42.9 Å². The van der Waals surface area contributed by atoms with Crippen LogP contribution in [0, 0.1) is 11.8 Å². The minimum Gasteiger partial charge on any atom is -0.495 e. The lowest BCUT2D eigenvalue weighted by Gasteiger charge is -2.41. The van der Waals surface area contributed by atoms with E-state index in [0.29, 0.717) is 37.8 Å². The number of carbonyl (C=O) groups excluding carboxylic acids is 1. The van der Waals surface area contributed by atoms with E-state index >= 15 is 0 Å². The first-order chi connectivity index (χ1) is 14.0. The zero-order valence-electron chi connectivity index (χ0n) is 17.0. The zero-order chi connectivity index (χ0) is 20.4. The molecule has 0 aromatic heterocycles. The Labute approximate surface area is 173 Å². The number of amides is 1. The lowest BCUT2D eigenvalue weighted by molar-refractivity contribution is 0.0520.